The first-order valence-electron chi connectivity index (χ1n) is 9.40. The summed E-state index contributed by atoms with van der Waals surface area (Å²) in [5.41, 5.74) is 8.07. The van der Waals surface area contributed by atoms with Gasteiger partial charge in [0, 0.05) is 29.5 Å². The van der Waals surface area contributed by atoms with Crippen LogP contribution in [-0.4, -0.2) is 9.55 Å². The van der Waals surface area contributed by atoms with E-state index < -0.39 is 0 Å². The summed E-state index contributed by atoms with van der Waals surface area (Å²) in [6.07, 6.45) is 1.82. The van der Waals surface area contributed by atoms with Crippen molar-refractivity contribution in [2.75, 3.05) is 0 Å². The van der Waals surface area contributed by atoms with Crippen LogP contribution < -0.4 is 4.74 Å². The van der Waals surface area contributed by atoms with Crippen LogP contribution in [0.5, 0.6) is 5.75 Å². The molecule has 150 valence electrons. The van der Waals surface area contributed by atoms with E-state index in [4.69, 9.17) is 16.3 Å². The van der Waals surface area contributed by atoms with Crippen molar-refractivity contribution in [1.82, 2.24) is 9.55 Å². The maximum absolute atomic E-state index is 6.21. The van der Waals surface area contributed by atoms with E-state index in [1.807, 2.05) is 36.5 Å². The van der Waals surface area contributed by atoms with Gasteiger partial charge >= 0.3 is 0 Å². The summed E-state index contributed by atoms with van der Waals surface area (Å²) >= 11 is 5.98. The van der Waals surface area contributed by atoms with Crippen molar-refractivity contribution >= 4 is 35.0 Å². The molecule has 0 aliphatic rings. The van der Waals surface area contributed by atoms with E-state index in [0.717, 1.165) is 33.9 Å². The number of fused-ring (bicyclic) bond motifs is 1. The maximum Gasteiger partial charge on any atom is 0.147 e. The molecule has 3 nitrogen and oxygen atoms in total. The van der Waals surface area contributed by atoms with Gasteiger partial charge in [0.1, 0.15) is 17.9 Å². The molecule has 29 heavy (non-hydrogen) atoms. The second-order valence-corrected chi connectivity index (χ2v) is 7.64. The van der Waals surface area contributed by atoms with Crippen LogP contribution in [0.15, 0.2) is 60.8 Å². The fraction of sp³-hybridized carbons (Fsp3) is 0.208. The van der Waals surface area contributed by atoms with Gasteiger partial charge in [-0.2, -0.15) is 0 Å². The number of hydrogen-bond acceptors (Lipinski definition) is 2. The van der Waals surface area contributed by atoms with Crippen LogP contribution in [-0.2, 0) is 13.2 Å². The molecule has 0 saturated carbocycles. The lowest BCUT2D eigenvalue weighted by Crippen LogP contribution is -2.04. The lowest BCUT2D eigenvalue weighted by Gasteiger charge is -2.13. The Morgan fingerprint density at radius 3 is 2.45 bits per heavy atom. The molecular formula is C24H24Cl2N2O. The highest BCUT2D eigenvalue weighted by molar-refractivity contribution is 6.30. The summed E-state index contributed by atoms with van der Waals surface area (Å²) in [5.74, 6) is 0.851. The Balaban J connectivity index is 0.00000240. The first kappa shape index (κ1) is 21.2. The van der Waals surface area contributed by atoms with Gasteiger partial charge in [0.15, 0.2) is 0 Å². The van der Waals surface area contributed by atoms with Crippen LogP contribution in [0.2, 0.25) is 5.02 Å². The lowest BCUT2D eigenvalue weighted by molar-refractivity contribution is 0.308. The van der Waals surface area contributed by atoms with E-state index in [9.17, 15) is 0 Å². The molecule has 0 amide bonds. The van der Waals surface area contributed by atoms with Crippen molar-refractivity contribution in [2.45, 2.75) is 33.9 Å². The molecule has 4 rings (SSSR count). The van der Waals surface area contributed by atoms with E-state index in [0.29, 0.717) is 6.61 Å². The first-order valence-corrected chi connectivity index (χ1v) is 9.78. The van der Waals surface area contributed by atoms with Crippen LogP contribution in [0.25, 0.3) is 11.0 Å². The molecule has 2 aromatic heterocycles. The maximum atomic E-state index is 6.21. The molecule has 0 spiro atoms. The van der Waals surface area contributed by atoms with Crippen molar-refractivity contribution in [3.8, 4) is 5.75 Å². The van der Waals surface area contributed by atoms with Crippen LogP contribution in [0, 0.1) is 20.8 Å². The molecule has 0 bridgehead atoms. The Kier molecular flexibility index (Phi) is 6.51. The fourth-order valence-electron chi connectivity index (χ4n) is 3.56. The molecule has 2 aromatic carbocycles. The number of aromatic nitrogens is 2. The van der Waals surface area contributed by atoms with Crippen molar-refractivity contribution in [2.24, 2.45) is 0 Å². The van der Waals surface area contributed by atoms with Gasteiger partial charge in [0.05, 0.1) is 5.52 Å². The van der Waals surface area contributed by atoms with E-state index in [1.54, 1.807) is 0 Å². The van der Waals surface area contributed by atoms with Crippen molar-refractivity contribution < 1.29 is 4.74 Å². The molecule has 0 aliphatic heterocycles. The third kappa shape index (κ3) is 4.42. The molecule has 0 atom stereocenters. The predicted molar refractivity (Wildman–Crippen MR) is 123 cm³/mol. The monoisotopic (exact) mass is 426 g/mol. The minimum Gasteiger partial charge on any atom is -0.487 e. The van der Waals surface area contributed by atoms with E-state index >= 15 is 0 Å². The highest BCUT2D eigenvalue weighted by Gasteiger charge is 2.17. The lowest BCUT2D eigenvalue weighted by atomic mass is 10.1. The van der Waals surface area contributed by atoms with Crippen LogP contribution in [0.4, 0.5) is 0 Å². The SMILES string of the molecule is Cc1cccc(Cn2c(C)c(C)c3nccc(OCc4ccc(Cl)cc4)c32)c1.Cl. The number of rotatable bonds is 5. The molecule has 0 N–H and O–H groups in total. The van der Waals surface area contributed by atoms with Gasteiger partial charge in [-0.15, -0.1) is 12.4 Å². The number of nitrogens with zero attached hydrogens (tertiary/aromatic N) is 2. The average molecular weight is 427 g/mol. The number of aryl methyl sites for hydroxylation is 2. The van der Waals surface area contributed by atoms with Gasteiger partial charge < -0.3 is 9.30 Å². The zero-order valence-corrected chi connectivity index (χ0v) is 18.3. The Hall–Kier alpha value is -2.49. The molecule has 0 radical (unpaired) electrons. The van der Waals surface area contributed by atoms with Crippen molar-refractivity contribution in [3.63, 3.8) is 0 Å². The van der Waals surface area contributed by atoms with E-state index in [-0.39, 0.29) is 12.4 Å². The second kappa shape index (κ2) is 8.89. The van der Waals surface area contributed by atoms with Gasteiger partial charge in [0.2, 0.25) is 0 Å². The quantitative estimate of drug-likeness (QED) is 0.356. The number of hydrogen-bond donors (Lipinski definition) is 0. The summed E-state index contributed by atoms with van der Waals surface area (Å²) in [7, 11) is 0. The van der Waals surface area contributed by atoms with Gasteiger partial charge in [0.25, 0.3) is 0 Å². The molecule has 0 unspecified atom stereocenters. The Labute approximate surface area is 182 Å². The first-order chi connectivity index (χ1) is 13.5. The third-order valence-electron chi connectivity index (χ3n) is 5.19. The highest BCUT2D eigenvalue weighted by atomic mass is 35.5. The smallest absolute Gasteiger partial charge is 0.147 e. The van der Waals surface area contributed by atoms with Gasteiger partial charge in [-0.05, 0) is 49.6 Å². The molecule has 0 aliphatic carbocycles. The zero-order chi connectivity index (χ0) is 19.7. The Morgan fingerprint density at radius 2 is 1.72 bits per heavy atom. The van der Waals surface area contributed by atoms with E-state index in [1.165, 1.54) is 22.4 Å². The van der Waals surface area contributed by atoms with Gasteiger partial charge in [-0.3, -0.25) is 4.98 Å². The standard InChI is InChI=1S/C24H23ClN2O.ClH/c1-16-5-4-6-20(13-16)14-27-18(3)17(2)23-24(27)22(11-12-26-23)28-15-19-7-9-21(25)10-8-19;/h4-13H,14-15H2,1-3H3;1H. The fourth-order valence-corrected chi connectivity index (χ4v) is 3.69. The topological polar surface area (TPSA) is 27.1 Å². The summed E-state index contributed by atoms with van der Waals surface area (Å²) in [6.45, 7) is 7.68. The molecular weight excluding hydrogens is 403 g/mol. The molecule has 0 fully saturated rings. The number of benzene rings is 2. The summed E-state index contributed by atoms with van der Waals surface area (Å²) in [4.78, 5) is 4.63. The number of pyridine rings is 1. The summed E-state index contributed by atoms with van der Waals surface area (Å²) in [6, 6.07) is 18.3. The van der Waals surface area contributed by atoms with Crippen LogP contribution in [0.1, 0.15) is 27.9 Å². The van der Waals surface area contributed by atoms with E-state index in [2.05, 4.69) is 54.6 Å². The predicted octanol–water partition coefficient (Wildman–Crippen LogP) is 6.66. The average Bonchev–Trinajstić information content (AvgIpc) is 2.93. The number of ether oxygens (including phenoxy) is 1. The number of halogens is 2. The minimum absolute atomic E-state index is 0. The van der Waals surface area contributed by atoms with Gasteiger partial charge in [-0.25, -0.2) is 0 Å². The van der Waals surface area contributed by atoms with Gasteiger partial charge in [-0.1, -0.05) is 53.6 Å². The van der Waals surface area contributed by atoms with Crippen molar-refractivity contribution in [3.05, 3.63) is 93.8 Å². The molecule has 0 saturated heterocycles. The third-order valence-corrected chi connectivity index (χ3v) is 5.44. The van der Waals surface area contributed by atoms with Crippen LogP contribution in [0.3, 0.4) is 0 Å². The Morgan fingerprint density at radius 1 is 0.966 bits per heavy atom. The molecule has 2 heterocycles. The Bertz CT molecular complexity index is 1130. The zero-order valence-electron chi connectivity index (χ0n) is 16.8. The minimum atomic E-state index is 0. The van der Waals surface area contributed by atoms with Crippen molar-refractivity contribution in [1.29, 1.82) is 0 Å². The molecule has 4 aromatic rings. The highest BCUT2D eigenvalue weighted by Crippen LogP contribution is 2.32. The molecule has 5 heteroatoms. The normalized spacial score (nSPS) is 10.8. The second-order valence-electron chi connectivity index (χ2n) is 7.21. The van der Waals surface area contributed by atoms with Crippen LogP contribution >= 0.6 is 24.0 Å². The largest absolute Gasteiger partial charge is 0.487 e. The summed E-state index contributed by atoms with van der Waals surface area (Å²) in [5, 5.41) is 0.730. The summed E-state index contributed by atoms with van der Waals surface area (Å²) < 4.78 is 8.52.